The lowest BCUT2D eigenvalue weighted by Gasteiger charge is -2.10. The second-order valence-corrected chi connectivity index (χ2v) is 11.8. The average molecular weight is 638 g/mol. The van der Waals surface area contributed by atoms with Crippen molar-refractivity contribution in [2.75, 3.05) is 5.32 Å². The van der Waals surface area contributed by atoms with Crippen LogP contribution in [-0.4, -0.2) is 21.8 Å². The van der Waals surface area contributed by atoms with Gasteiger partial charge in [-0.3, -0.25) is 14.4 Å². The van der Waals surface area contributed by atoms with Crippen molar-refractivity contribution in [2.45, 2.75) is 30.0 Å². The molecule has 3 aromatic rings. The lowest BCUT2D eigenvalue weighted by Crippen LogP contribution is -2.18. The van der Waals surface area contributed by atoms with Crippen molar-refractivity contribution in [2.24, 2.45) is 5.92 Å². The molecule has 0 saturated heterocycles. The fourth-order valence-electron chi connectivity index (χ4n) is 4.31. The van der Waals surface area contributed by atoms with Crippen molar-refractivity contribution in [1.82, 2.24) is 0 Å². The van der Waals surface area contributed by atoms with Crippen molar-refractivity contribution in [3.63, 3.8) is 0 Å². The Morgan fingerprint density at radius 1 is 0.846 bits per heavy atom. The van der Waals surface area contributed by atoms with Crippen LogP contribution in [-0.2, 0) is 22.4 Å². The molecule has 0 aliphatic heterocycles. The molecule has 1 aliphatic rings. The Morgan fingerprint density at radius 2 is 1.44 bits per heavy atom. The summed E-state index contributed by atoms with van der Waals surface area (Å²) in [5, 5.41) is 3.00. The van der Waals surface area contributed by atoms with Crippen LogP contribution in [0.2, 0.25) is 15.1 Å². The third kappa shape index (κ3) is 6.23. The standard InChI is InChI=1S/C27H17Cl5F3NO3/c1-11(37)4-12-5-13(21(35)10-20(12)34)8-22(38)16-9-15(2-3-19(16)33)36-26(39)24-23(27(24,31)32)14-6-17(28)25(30)18(29)7-14/h2-3,5-7,9-10,23-24H,4,8H2,1H3,(H,36,39)/t23-,24+/m0/s1. The number of rotatable bonds is 8. The third-order valence-electron chi connectivity index (χ3n) is 6.24. The van der Waals surface area contributed by atoms with Crippen molar-refractivity contribution in [3.05, 3.63) is 97.2 Å². The van der Waals surface area contributed by atoms with Crippen LogP contribution >= 0.6 is 58.0 Å². The SMILES string of the molecule is CC(=O)Cc1cc(CC(=O)c2cc(NC(=O)[C@H]3[C@H](c4cc(Cl)c(Cl)c(Cl)c4)C3(Cl)Cl)ccc2F)c(F)cc1F. The highest BCUT2D eigenvalue weighted by Crippen LogP contribution is 2.65. The Morgan fingerprint density at radius 3 is 2.03 bits per heavy atom. The molecule has 39 heavy (non-hydrogen) atoms. The first kappa shape index (κ1) is 29.7. The van der Waals surface area contributed by atoms with Crippen LogP contribution < -0.4 is 5.32 Å². The van der Waals surface area contributed by atoms with E-state index in [0.717, 1.165) is 18.2 Å². The summed E-state index contributed by atoms with van der Waals surface area (Å²) in [6.45, 7) is 1.24. The molecule has 1 aliphatic carbocycles. The van der Waals surface area contributed by atoms with E-state index in [9.17, 15) is 27.6 Å². The Bertz CT molecular complexity index is 1510. The number of benzene rings is 3. The number of Topliss-reactive ketones (excluding diaryl/α,β-unsaturated/α-hetero) is 2. The fraction of sp³-hybridized carbons (Fsp3) is 0.222. The first-order valence-corrected chi connectivity index (χ1v) is 13.2. The van der Waals surface area contributed by atoms with E-state index in [2.05, 4.69) is 5.32 Å². The molecule has 3 aromatic carbocycles. The molecule has 4 nitrogen and oxygen atoms in total. The minimum Gasteiger partial charge on any atom is -0.326 e. The zero-order valence-corrected chi connectivity index (χ0v) is 23.6. The zero-order chi connectivity index (χ0) is 28.8. The van der Waals surface area contributed by atoms with Crippen molar-refractivity contribution in [1.29, 1.82) is 0 Å². The van der Waals surface area contributed by atoms with Gasteiger partial charge in [-0.15, -0.1) is 23.2 Å². The highest BCUT2D eigenvalue weighted by atomic mass is 35.5. The maximum Gasteiger partial charge on any atom is 0.231 e. The molecule has 204 valence electrons. The monoisotopic (exact) mass is 635 g/mol. The molecule has 1 amide bonds. The van der Waals surface area contributed by atoms with Crippen LogP contribution in [0.5, 0.6) is 0 Å². The maximum atomic E-state index is 14.6. The Labute approximate surface area is 246 Å². The zero-order valence-electron chi connectivity index (χ0n) is 19.9. The molecular weight excluding hydrogens is 621 g/mol. The molecule has 0 radical (unpaired) electrons. The third-order valence-corrected chi connectivity index (χ3v) is 8.38. The normalized spacial score (nSPS) is 17.6. The van der Waals surface area contributed by atoms with Crippen LogP contribution in [0.4, 0.5) is 18.9 Å². The van der Waals surface area contributed by atoms with Crippen molar-refractivity contribution < 1.29 is 27.6 Å². The number of nitrogens with one attached hydrogen (secondary N) is 1. The summed E-state index contributed by atoms with van der Waals surface area (Å²) in [6, 6.07) is 7.91. The first-order valence-electron chi connectivity index (χ1n) is 11.3. The van der Waals surface area contributed by atoms with Crippen LogP contribution in [0.15, 0.2) is 42.5 Å². The molecule has 4 rings (SSSR count). The Balaban J connectivity index is 1.53. The average Bonchev–Trinajstić information content (AvgIpc) is 3.43. The number of hydrogen-bond donors (Lipinski definition) is 1. The number of carbonyl (C=O) groups excluding carboxylic acids is 3. The van der Waals surface area contributed by atoms with Gasteiger partial charge in [-0.1, -0.05) is 34.8 Å². The van der Waals surface area contributed by atoms with Gasteiger partial charge in [-0.05, 0) is 60.0 Å². The lowest BCUT2D eigenvalue weighted by molar-refractivity contribution is -0.117. The smallest absolute Gasteiger partial charge is 0.231 e. The molecule has 1 fully saturated rings. The van der Waals surface area contributed by atoms with E-state index in [4.69, 9.17) is 58.0 Å². The van der Waals surface area contributed by atoms with Gasteiger partial charge in [-0.25, -0.2) is 13.2 Å². The molecule has 1 saturated carbocycles. The quantitative estimate of drug-likeness (QED) is 0.154. The van der Waals surface area contributed by atoms with Crippen molar-refractivity contribution in [3.8, 4) is 0 Å². The molecule has 0 bridgehead atoms. The molecule has 0 heterocycles. The second-order valence-electron chi connectivity index (χ2n) is 9.13. The number of halogens is 8. The topological polar surface area (TPSA) is 63.2 Å². The predicted octanol–water partition coefficient (Wildman–Crippen LogP) is 8.15. The number of amides is 1. The number of alkyl halides is 2. The van der Waals surface area contributed by atoms with E-state index in [-0.39, 0.29) is 44.1 Å². The summed E-state index contributed by atoms with van der Waals surface area (Å²) in [5.41, 5.74) is -0.178. The lowest BCUT2D eigenvalue weighted by atomic mass is 9.98. The van der Waals surface area contributed by atoms with Gasteiger partial charge in [-0.2, -0.15) is 0 Å². The summed E-state index contributed by atoms with van der Waals surface area (Å²) < 4.78 is 41.4. The minimum atomic E-state index is -1.50. The Kier molecular flexibility index (Phi) is 8.60. The van der Waals surface area contributed by atoms with Crippen LogP contribution in [0, 0.1) is 23.4 Å². The molecule has 0 spiro atoms. The second kappa shape index (κ2) is 11.3. The van der Waals surface area contributed by atoms with Gasteiger partial charge in [0.2, 0.25) is 5.91 Å². The van der Waals surface area contributed by atoms with Gasteiger partial charge >= 0.3 is 0 Å². The van der Waals surface area contributed by atoms with Gasteiger partial charge in [0.1, 0.15) is 27.6 Å². The number of hydrogen-bond acceptors (Lipinski definition) is 3. The number of anilines is 1. The van der Waals surface area contributed by atoms with E-state index in [1.165, 1.54) is 25.1 Å². The summed E-state index contributed by atoms with van der Waals surface area (Å²) in [7, 11) is 0. The van der Waals surface area contributed by atoms with Crippen LogP contribution in [0.25, 0.3) is 0 Å². The van der Waals surface area contributed by atoms with E-state index < -0.39 is 57.3 Å². The number of carbonyl (C=O) groups is 3. The van der Waals surface area contributed by atoms with E-state index in [1.54, 1.807) is 0 Å². The van der Waals surface area contributed by atoms with Gasteiger partial charge in [0.05, 0.1) is 26.5 Å². The summed E-state index contributed by atoms with van der Waals surface area (Å²) in [4.78, 5) is 37.2. The van der Waals surface area contributed by atoms with Gasteiger partial charge in [0, 0.05) is 30.5 Å². The summed E-state index contributed by atoms with van der Waals surface area (Å²) in [5.74, 6) is -6.27. The minimum absolute atomic E-state index is 0.0588. The Hall–Kier alpha value is -2.29. The highest BCUT2D eigenvalue weighted by molar-refractivity contribution is 6.54. The fourth-order valence-corrected chi connectivity index (χ4v) is 5.75. The van der Waals surface area contributed by atoms with E-state index in [1.807, 2.05) is 0 Å². The summed E-state index contributed by atoms with van der Waals surface area (Å²) >= 11 is 30.9. The van der Waals surface area contributed by atoms with Crippen LogP contribution in [0.1, 0.15) is 39.9 Å². The maximum absolute atomic E-state index is 14.6. The van der Waals surface area contributed by atoms with Gasteiger partial charge in [0.15, 0.2) is 5.78 Å². The molecular formula is C27H17Cl5F3NO3. The molecule has 0 unspecified atom stereocenters. The highest BCUT2D eigenvalue weighted by Gasteiger charge is 2.67. The molecule has 1 N–H and O–H groups in total. The van der Waals surface area contributed by atoms with Crippen LogP contribution in [0.3, 0.4) is 0 Å². The molecule has 0 aromatic heterocycles. The predicted molar refractivity (Wildman–Crippen MR) is 146 cm³/mol. The van der Waals surface area contributed by atoms with Gasteiger partial charge in [0.25, 0.3) is 0 Å². The van der Waals surface area contributed by atoms with Gasteiger partial charge < -0.3 is 5.32 Å². The van der Waals surface area contributed by atoms with E-state index >= 15 is 0 Å². The number of ketones is 2. The molecule has 12 heteroatoms. The first-order chi connectivity index (χ1) is 18.2. The van der Waals surface area contributed by atoms with E-state index in [0.29, 0.717) is 11.6 Å². The molecule has 2 atom stereocenters. The summed E-state index contributed by atoms with van der Waals surface area (Å²) in [6.07, 6.45) is -0.900. The largest absolute Gasteiger partial charge is 0.326 e. The van der Waals surface area contributed by atoms with Crippen molar-refractivity contribution >= 4 is 81.2 Å².